The molecule has 7 heteroatoms. The van der Waals surface area contributed by atoms with Gasteiger partial charge in [0.1, 0.15) is 0 Å². The van der Waals surface area contributed by atoms with Gasteiger partial charge in [-0.3, -0.25) is 4.79 Å². The Kier molecular flexibility index (Phi) is 5.08. The Labute approximate surface area is 123 Å². The third-order valence-corrected chi connectivity index (χ3v) is 3.83. The van der Waals surface area contributed by atoms with Gasteiger partial charge in [0.25, 0.3) is 0 Å². The first-order valence-corrected chi connectivity index (χ1v) is 6.97. The Hall–Kier alpha value is -2.18. The van der Waals surface area contributed by atoms with Gasteiger partial charge in [-0.25, -0.2) is 19.7 Å². The average molecular weight is 293 g/mol. The van der Waals surface area contributed by atoms with E-state index >= 15 is 0 Å². The van der Waals surface area contributed by atoms with Crippen molar-refractivity contribution in [1.82, 2.24) is 9.97 Å². The molecule has 0 aromatic carbocycles. The molecule has 1 amide bonds. The van der Waals surface area contributed by atoms with Gasteiger partial charge in [0.2, 0.25) is 5.95 Å². The van der Waals surface area contributed by atoms with Crippen LogP contribution >= 0.6 is 0 Å². The molecule has 7 nitrogen and oxygen atoms in total. The lowest BCUT2D eigenvalue weighted by atomic mass is 9.82. The van der Waals surface area contributed by atoms with Crippen molar-refractivity contribution in [2.24, 2.45) is 11.8 Å². The van der Waals surface area contributed by atoms with Gasteiger partial charge in [-0.05, 0) is 37.7 Å². The lowest BCUT2D eigenvalue weighted by Gasteiger charge is -2.29. The fourth-order valence-corrected chi connectivity index (χ4v) is 2.63. The molecule has 0 unspecified atom stereocenters. The van der Waals surface area contributed by atoms with Crippen molar-refractivity contribution in [3.05, 3.63) is 18.5 Å². The molecule has 1 heterocycles. The summed E-state index contributed by atoms with van der Waals surface area (Å²) in [5.74, 6) is -0.446. The molecule has 1 N–H and O–H groups in total. The minimum Gasteiger partial charge on any atom is -0.481 e. The number of hydrogen-bond donors (Lipinski definition) is 1. The summed E-state index contributed by atoms with van der Waals surface area (Å²) in [5.41, 5.74) is 0. The fourth-order valence-electron chi connectivity index (χ4n) is 2.63. The van der Waals surface area contributed by atoms with Crippen LogP contribution in [0.5, 0.6) is 0 Å². The Bertz CT molecular complexity index is 486. The number of carboxylic acid groups (broad SMARTS) is 1. The van der Waals surface area contributed by atoms with Gasteiger partial charge in [0.15, 0.2) is 0 Å². The van der Waals surface area contributed by atoms with E-state index < -0.39 is 12.1 Å². The second-order valence-corrected chi connectivity index (χ2v) is 5.19. The molecule has 1 aromatic heterocycles. The Morgan fingerprint density at radius 2 is 1.90 bits per heavy atom. The summed E-state index contributed by atoms with van der Waals surface area (Å²) in [6.07, 6.45) is 5.48. The van der Waals surface area contributed by atoms with Crippen LogP contribution in [-0.4, -0.2) is 40.8 Å². The minimum atomic E-state index is -0.732. The van der Waals surface area contributed by atoms with Crippen LogP contribution < -0.4 is 4.90 Å². The van der Waals surface area contributed by atoms with Crippen LogP contribution in [0, 0.1) is 11.8 Å². The number of ether oxygens (including phenoxy) is 1. The topological polar surface area (TPSA) is 92.6 Å². The lowest BCUT2D eigenvalue weighted by Crippen LogP contribution is -2.38. The number of carboxylic acids is 1. The van der Waals surface area contributed by atoms with Crippen LogP contribution in [0.25, 0.3) is 0 Å². The summed E-state index contributed by atoms with van der Waals surface area (Å²) in [4.78, 5) is 32.4. The highest BCUT2D eigenvalue weighted by molar-refractivity contribution is 5.85. The highest BCUT2D eigenvalue weighted by atomic mass is 16.5. The van der Waals surface area contributed by atoms with Crippen molar-refractivity contribution >= 4 is 18.0 Å². The van der Waals surface area contributed by atoms with E-state index in [1.807, 2.05) is 0 Å². The average Bonchev–Trinajstić information content (AvgIpc) is 2.53. The molecule has 21 heavy (non-hydrogen) atoms. The van der Waals surface area contributed by atoms with Crippen LogP contribution in [0.1, 0.15) is 25.7 Å². The molecule has 1 saturated carbocycles. The zero-order valence-corrected chi connectivity index (χ0v) is 11.9. The number of nitrogens with zero attached hydrogens (tertiary/aromatic N) is 3. The molecule has 0 atom stereocenters. The number of methoxy groups -OCH3 is 1. The van der Waals surface area contributed by atoms with E-state index in [4.69, 9.17) is 9.84 Å². The summed E-state index contributed by atoms with van der Waals surface area (Å²) in [6, 6.07) is 1.68. The summed E-state index contributed by atoms with van der Waals surface area (Å²) < 4.78 is 4.78. The summed E-state index contributed by atoms with van der Waals surface area (Å²) in [5, 5.41) is 9.01. The number of carbonyl (C=O) groups excluding carboxylic acids is 1. The van der Waals surface area contributed by atoms with Crippen molar-refractivity contribution in [2.75, 3.05) is 18.6 Å². The van der Waals surface area contributed by atoms with Gasteiger partial charge in [0.05, 0.1) is 13.0 Å². The van der Waals surface area contributed by atoms with E-state index in [2.05, 4.69) is 9.97 Å². The molecule has 2 rings (SSSR count). The van der Waals surface area contributed by atoms with E-state index in [9.17, 15) is 9.59 Å². The van der Waals surface area contributed by atoms with E-state index in [0.29, 0.717) is 25.3 Å². The lowest BCUT2D eigenvalue weighted by molar-refractivity contribution is -0.143. The summed E-state index contributed by atoms with van der Waals surface area (Å²) in [6.45, 7) is 0.447. The zero-order chi connectivity index (χ0) is 15.2. The molecule has 0 radical (unpaired) electrons. The maximum absolute atomic E-state index is 11.9. The maximum atomic E-state index is 11.9. The SMILES string of the molecule is COC(=O)N(CC1CCC(C(=O)O)CC1)c1ncccn1. The van der Waals surface area contributed by atoms with E-state index in [0.717, 1.165) is 12.8 Å². The highest BCUT2D eigenvalue weighted by Crippen LogP contribution is 2.30. The first kappa shape index (κ1) is 15.2. The first-order valence-electron chi connectivity index (χ1n) is 6.97. The third kappa shape index (κ3) is 3.90. The van der Waals surface area contributed by atoms with Crippen molar-refractivity contribution in [2.45, 2.75) is 25.7 Å². The number of hydrogen-bond acceptors (Lipinski definition) is 5. The second-order valence-electron chi connectivity index (χ2n) is 5.19. The molecular weight excluding hydrogens is 274 g/mol. The molecule has 1 fully saturated rings. The predicted octanol–water partition coefficient (Wildman–Crippen LogP) is 1.94. The molecule has 1 aromatic rings. The number of aromatic nitrogens is 2. The fraction of sp³-hybridized carbons (Fsp3) is 0.571. The number of rotatable bonds is 4. The molecule has 114 valence electrons. The number of aliphatic carboxylic acids is 1. The Morgan fingerprint density at radius 3 is 2.43 bits per heavy atom. The number of anilines is 1. The van der Waals surface area contributed by atoms with Crippen LogP contribution in [0.2, 0.25) is 0 Å². The molecular formula is C14H19N3O4. The molecule has 0 bridgehead atoms. The van der Waals surface area contributed by atoms with E-state index in [1.54, 1.807) is 18.5 Å². The summed E-state index contributed by atoms with van der Waals surface area (Å²) >= 11 is 0. The quantitative estimate of drug-likeness (QED) is 0.912. The molecule has 0 saturated heterocycles. The third-order valence-electron chi connectivity index (χ3n) is 3.83. The monoisotopic (exact) mass is 293 g/mol. The molecule has 1 aliphatic carbocycles. The van der Waals surface area contributed by atoms with Crippen molar-refractivity contribution in [1.29, 1.82) is 0 Å². The summed E-state index contributed by atoms with van der Waals surface area (Å²) in [7, 11) is 1.32. The van der Waals surface area contributed by atoms with Crippen LogP contribution in [0.3, 0.4) is 0 Å². The van der Waals surface area contributed by atoms with Crippen LogP contribution in [0.15, 0.2) is 18.5 Å². The first-order chi connectivity index (χ1) is 10.1. The van der Waals surface area contributed by atoms with Crippen molar-refractivity contribution in [3.63, 3.8) is 0 Å². The van der Waals surface area contributed by atoms with E-state index in [-0.39, 0.29) is 11.8 Å². The van der Waals surface area contributed by atoms with E-state index in [1.165, 1.54) is 12.0 Å². The smallest absolute Gasteiger partial charge is 0.416 e. The maximum Gasteiger partial charge on any atom is 0.416 e. The Balaban J connectivity index is 2.00. The standard InChI is InChI=1S/C14H19N3O4/c1-21-14(20)17(13-15-7-2-8-16-13)9-10-3-5-11(6-4-10)12(18)19/h2,7-8,10-11H,3-6,9H2,1H3,(H,18,19). The van der Waals surface area contributed by atoms with Crippen LogP contribution in [-0.2, 0) is 9.53 Å². The van der Waals surface area contributed by atoms with Crippen molar-refractivity contribution in [3.8, 4) is 0 Å². The van der Waals surface area contributed by atoms with Gasteiger partial charge in [-0.2, -0.15) is 0 Å². The van der Waals surface area contributed by atoms with Crippen molar-refractivity contribution < 1.29 is 19.4 Å². The Morgan fingerprint density at radius 1 is 1.29 bits per heavy atom. The molecule has 0 aliphatic heterocycles. The number of carbonyl (C=O) groups is 2. The van der Waals surface area contributed by atoms with Gasteiger partial charge < -0.3 is 9.84 Å². The predicted molar refractivity (Wildman–Crippen MR) is 74.9 cm³/mol. The van der Waals surface area contributed by atoms with Crippen LogP contribution in [0.4, 0.5) is 10.7 Å². The highest BCUT2D eigenvalue weighted by Gasteiger charge is 2.29. The molecule has 1 aliphatic rings. The largest absolute Gasteiger partial charge is 0.481 e. The minimum absolute atomic E-state index is 0.239. The van der Waals surface area contributed by atoms with Gasteiger partial charge in [-0.15, -0.1) is 0 Å². The second kappa shape index (κ2) is 7.01. The van der Waals surface area contributed by atoms with Gasteiger partial charge in [0, 0.05) is 18.9 Å². The number of amides is 1. The van der Waals surface area contributed by atoms with Gasteiger partial charge >= 0.3 is 12.1 Å². The molecule has 0 spiro atoms. The zero-order valence-electron chi connectivity index (χ0n) is 11.9. The van der Waals surface area contributed by atoms with Gasteiger partial charge in [-0.1, -0.05) is 0 Å². The normalized spacial score (nSPS) is 21.6.